The molecule has 0 aromatic heterocycles. The third-order valence-electron chi connectivity index (χ3n) is 6.39. The Labute approximate surface area is 167 Å². The molecule has 0 saturated heterocycles. The number of hydrogen-bond acceptors (Lipinski definition) is 0. The van der Waals surface area contributed by atoms with Crippen molar-refractivity contribution in [2.45, 2.75) is 44.5 Å². The van der Waals surface area contributed by atoms with E-state index in [0.717, 1.165) is 66.2 Å². The van der Waals surface area contributed by atoms with Gasteiger partial charge in [-0.2, -0.15) is 26.3 Å². The molecule has 0 radical (unpaired) electrons. The summed E-state index contributed by atoms with van der Waals surface area (Å²) in [6.45, 7) is 0. The van der Waals surface area contributed by atoms with E-state index in [1.54, 1.807) is 0 Å². The van der Waals surface area contributed by atoms with Gasteiger partial charge in [0.2, 0.25) is 0 Å². The molecule has 0 unspecified atom stereocenters. The standard InChI is InChI=1S/C22H21F6P/c23-21(24,25)16-1-5-18(6-2-16)29(14-20-11-9-15(13-20)10-12-20)19-7-3-17(4-8-19)22(26,27)28/h1-8,15H,9-14H2. The van der Waals surface area contributed by atoms with Gasteiger partial charge in [-0.05, 0) is 92.4 Å². The van der Waals surface area contributed by atoms with Gasteiger partial charge in [0.05, 0.1) is 11.1 Å². The predicted molar refractivity (Wildman–Crippen MR) is 103 cm³/mol. The van der Waals surface area contributed by atoms with Crippen LogP contribution in [-0.2, 0) is 12.4 Å². The van der Waals surface area contributed by atoms with Gasteiger partial charge < -0.3 is 0 Å². The quantitative estimate of drug-likeness (QED) is 0.372. The summed E-state index contributed by atoms with van der Waals surface area (Å²) in [5.41, 5.74) is -1.23. The predicted octanol–water partition coefficient (Wildman–Crippen LogP) is 6.74. The van der Waals surface area contributed by atoms with E-state index in [-0.39, 0.29) is 5.41 Å². The molecule has 0 N–H and O–H groups in total. The van der Waals surface area contributed by atoms with E-state index in [9.17, 15) is 26.3 Å². The second-order valence-corrected chi connectivity index (χ2v) is 10.5. The minimum atomic E-state index is -4.40. The third-order valence-corrected chi connectivity index (χ3v) is 9.22. The van der Waals surface area contributed by atoms with E-state index in [1.807, 2.05) is 0 Å². The lowest BCUT2D eigenvalue weighted by molar-refractivity contribution is -0.138. The normalized spacial score (nSPS) is 24.4. The number of hydrogen-bond donors (Lipinski definition) is 0. The average molecular weight is 430 g/mol. The molecule has 2 saturated carbocycles. The van der Waals surface area contributed by atoms with Gasteiger partial charge >= 0.3 is 12.4 Å². The first kappa shape index (κ1) is 20.7. The first-order chi connectivity index (χ1) is 13.6. The van der Waals surface area contributed by atoms with Gasteiger partial charge in [0.15, 0.2) is 0 Å². The van der Waals surface area contributed by atoms with Crippen molar-refractivity contribution < 1.29 is 26.3 Å². The number of halogens is 6. The topological polar surface area (TPSA) is 0 Å². The summed E-state index contributed by atoms with van der Waals surface area (Å²) in [5, 5.41) is 1.58. The minimum Gasteiger partial charge on any atom is -0.166 e. The molecule has 0 nitrogen and oxygen atoms in total. The average Bonchev–Trinajstić information content (AvgIpc) is 3.26. The van der Waals surface area contributed by atoms with Crippen molar-refractivity contribution >= 4 is 18.5 Å². The number of alkyl halides is 6. The molecule has 2 aliphatic carbocycles. The van der Waals surface area contributed by atoms with Crippen LogP contribution in [0.15, 0.2) is 48.5 Å². The van der Waals surface area contributed by atoms with Crippen molar-refractivity contribution in [3.05, 3.63) is 59.7 Å². The maximum Gasteiger partial charge on any atom is 0.416 e. The summed E-state index contributed by atoms with van der Waals surface area (Å²) in [7, 11) is -1.02. The maximum atomic E-state index is 12.9. The van der Waals surface area contributed by atoms with Gasteiger partial charge in [0.1, 0.15) is 0 Å². The highest BCUT2D eigenvalue weighted by Crippen LogP contribution is 2.58. The van der Waals surface area contributed by atoms with Crippen molar-refractivity contribution in [1.29, 1.82) is 0 Å². The van der Waals surface area contributed by atoms with Crippen LogP contribution in [0.25, 0.3) is 0 Å². The molecule has 2 fully saturated rings. The molecule has 0 spiro atoms. The van der Waals surface area contributed by atoms with E-state index >= 15 is 0 Å². The second kappa shape index (κ2) is 7.30. The van der Waals surface area contributed by atoms with E-state index in [2.05, 4.69) is 0 Å². The summed E-state index contributed by atoms with van der Waals surface area (Å²) in [6, 6.07) is 10.3. The van der Waals surface area contributed by atoms with Crippen LogP contribution >= 0.6 is 7.92 Å². The van der Waals surface area contributed by atoms with E-state index in [4.69, 9.17) is 0 Å². The van der Waals surface area contributed by atoms with Crippen LogP contribution in [0.4, 0.5) is 26.3 Å². The SMILES string of the molecule is FC(F)(F)c1ccc(P(CC23CCC(CC2)C3)c2ccc(C(F)(F)F)cc2)cc1. The van der Waals surface area contributed by atoms with Crippen LogP contribution in [0.5, 0.6) is 0 Å². The van der Waals surface area contributed by atoms with E-state index < -0.39 is 31.4 Å². The Balaban J connectivity index is 1.67. The fraction of sp³-hybridized carbons (Fsp3) is 0.455. The summed E-state index contributed by atoms with van der Waals surface area (Å²) >= 11 is 0. The van der Waals surface area contributed by atoms with Crippen molar-refractivity contribution in [3.8, 4) is 0 Å². The van der Waals surface area contributed by atoms with Crippen molar-refractivity contribution in [2.75, 3.05) is 6.16 Å². The van der Waals surface area contributed by atoms with Crippen LogP contribution in [0.1, 0.15) is 43.2 Å². The Morgan fingerprint density at radius 1 is 0.724 bits per heavy atom. The molecular weight excluding hydrogens is 409 g/mol. The van der Waals surface area contributed by atoms with Gasteiger partial charge in [0, 0.05) is 0 Å². The van der Waals surface area contributed by atoms with Crippen molar-refractivity contribution in [1.82, 2.24) is 0 Å². The number of fused-ring (bicyclic) bond motifs is 2. The molecule has 156 valence electrons. The molecule has 7 heteroatoms. The number of rotatable bonds is 4. The smallest absolute Gasteiger partial charge is 0.166 e. The van der Waals surface area contributed by atoms with Gasteiger partial charge in [0.25, 0.3) is 0 Å². The zero-order valence-corrected chi connectivity index (χ0v) is 16.5. The molecule has 0 atom stereocenters. The molecule has 29 heavy (non-hydrogen) atoms. The highest BCUT2D eigenvalue weighted by atomic mass is 31.1. The highest BCUT2D eigenvalue weighted by Gasteiger charge is 2.46. The lowest BCUT2D eigenvalue weighted by Gasteiger charge is -2.32. The van der Waals surface area contributed by atoms with E-state index in [0.29, 0.717) is 0 Å². The third kappa shape index (κ3) is 4.33. The van der Waals surface area contributed by atoms with Gasteiger partial charge in [-0.3, -0.25) is 0 Å². The molecule has 2 aromatic carbocycles. The molecular formula is C22H21F6P. The zero-order chi connectivity index (χ0) is 20.9. The Hall–Kier alpha value is -1.55. The lowest BCUT2D eigenvalue weighted by Crippen LogP contribution is -2.25. The molecule has 0 heterocycles. The number of benzene rings is 2. The fourth-order valence-electron chi connectivity index (χ4n) is 4.86. The fourth-order valence-corrected chi connectivity index (χ4v) is 7.66. The largest absolute Gasteiger partial charge is 0.416 e. The zero-order valence-electron chi connectivity index (χ0n) is 15.7. The van der Waals surface area contributed by atoms with Crippen LogP contribution in [0.3, 0.4) is 0 Å². The van der Waals surface area contributed by atoms with Gasteiger partial charge in [-0.25, -0.2) is 0 Å². The highest BCUT2D eigenvalue weighted by molar-refractivity contribution is 7.73. The minimum absolute atomic E-state index is 0.182. The molecule has 0 amide bonds. The molecule has 0 aliphatic heterocycles. The Morgan fingerprint density at radius 3 is 1.45 bits per heavy atom. The molecule has 2 aliphatic rings. The summed E-state index contributed by atoms with van der Waals surface area (Å²) in [6.07, 6.45) is -2.26. The summed E-state index contributed by atoms with van der Waals surface area (Å²) < 4.78 is 77.7. The summed E-state index contributed by atoms with van der Waals surface area (Å²) in [4.78, 5) is 0. The lowest BCUT2D eigenvalue weighted by atomic mass is 9.86. The Bertz CT molecular complexity index is 785. The van der Waals surface area contributed by atoms with Crippen molar-refractivity contribution in [2.24, 2.45) is 11.3 Å². The van der Waals surface area contributed by atoms with Crippen LogP contribution in [0.2, 0.25) is 0 Å². The van der Waals surface area contributed by atoms with Crippen LogP contribution in [-0.4, -0.2) is 6.16 Å². The van der Waals surface area contributed by atoms with Crippen LogP contribution in [0, 0.1) is 11.3 Å². The molecule has 4 rings (SSSR count). The molecule has 2 aromatic rings. The monoisotopic (exact) mass is 430 g/mol. The first-order valence-electron chi connectivity index (χ1n) is 9.68. The summed E-state index contributed by atoms with van der Waals surface area (Å²) in [5.74, 6) is 0.729. The van der Waals surface area contributed by atoms with Gasteiger partial charge in [-0.1, -0.05) is 24.3 Å². The van der Waals surface area contributed by atoms with Crippen LogP contribution < -0.4 is 10.6 Å². The van der Waals surface area contributed by atoms with Crippen molar-refractivity contribution in [3.63, 3.8) is 0 Å². The second-order valence-electron chi connectivity index (χ2n) is 8.32. The maximum absolute atomic E-state index is 12.9. The van der Waals surface area contributed by atoms with E-state index in [1.165, 1.54) is 37.1 Å². The Morgan fingerprint density at radius 2 is 1.14 bits per heavy atom. The molecule has 2 bridgehead atoms. The Kier molecular flexibility index (Phi) is 5.21. The first-order valence-corrected chi connectivity index (χ1v) is 11.2. The van der Waals surface area contributed by atoms with Gasteiger partial charge in [-0.15, -0.1) is 0 Å².